The topological polar surface area (TPSA) is 70.0 Å². The molecule has 0 aliphatic carbocycles. The lowest BCUT2D eigenvalue weighted by atomic mass is 10.2. The zero-order valence-electron chi connectivity index (χ0n) is 21.6. The average Bonchev–Trinajstić information content (AvgIpc) is 3.41. The molecule has 2 atom stereocenters. The van der Waals surface area contributed by atoms with Crippen LogP contribution in [0.3, 0.4) is 0 Å². The summed E-state index contributed by atoms with van der Waals surface area (Å²) in [6.45, 7) is 0.376. The Morgan fingerprint density at radius 3 is 2.31 bits per heavy atom. The first-order valence-corrected chi connectivity index (χ1v) is 14.7. The van der Waals surface area contributed by atoms with Gasteiger partial charge >= 0.3 is 6.03 Å². The normalized spacial score (nSPS) is 18.6. The molecule has 2 unspecified atom stereocenters. The summed E-state index contributed by atoms with van der Waals surface area (Å²) in [5.74, 6) is 1.93. The number of methoxy groups -OCH3 is 1. The maximum atomic E-state index is 12.7. The van der Waals surface area contributed by atoms with Gasteiger partial charge in [-0.25, -0.2) is 14.8 Å². The minimum absolute atomic E-state index is 0.0918. The van der Waals surface area contributed by atoms with Crippen LogP contribution >= 0.6 is 43.6 Å². The van der Waals surface area contributed by atoms with E-state index in [1.54, 1.807) is 49.0 Å². The van der Waals surface area contributed by atoms with Crippen LogP contribution in [0.2, 0.25) is 0 Å². The summed E-state index contributed by atoms with van der Waals surface area (Å²) in [6, 6.07) is 21.8. The fourth-order valence-electron chi connectivity index (χ4n) is 4.36. The number of hydrogen-bond acceptors (Lipinski definition) is 7. The van der Waals surface area contributed by atoms with Gasteiger partial charge in [-0.3, -0.25) is 0 Å². The van der Waals surface area contributed by atoms with E-state index in [4.69, 9.17) is 19.6 Å². The number of amidine groups is 1. The van der Waals surface area contributed by atoms with Gasteiger partial charge in [0.25, 0.3) is 0 Å². The van der Waals surface area contributed by atoms with E-state index < -0.39 is 0 Å². The number of nitrogens with zero attached hydrogens (tertiary/aromatic N) is 5. The number of halogens is 2. The number of benzene rings is 3. The van der Waals surface area contributed by atoms with Crippen molar-refractivity contribution in [2.24, 2.45) is 10.1 Å². The van der Waals surface area contributed by atoms with E-state index in [2.05, 4.69) is 44.0 Å². The fraction of sp³-hybridized carbons (Fsp3) is 0.250. The maximum absolute atomic E-state index is 12.7. The Labute approximate surface area is 248 Å². The summed E-state index contributed by atoms with van der Waals surface area (Å²) >= 11 is 8.55. The summed E-state index contributed by atoms with van der Waals surface area (Å²) in [6.07, 6.45) is 1.06. The lowest BCUT2D eigenvalue weighted by molar-refractivity contribution is 0.172. The monoisotopic (exact) mass is 671 g/mol. The highest BCUT2D eigenvalue weighted by molar-refractivity contribution is 9.10. The third kappa shape index (κ3) is 5.95. The third-order valence-electron chi connectivity index (χ3n) is 6.48. The zero-order valence-corrected chi connectivity index (χ0v) is 25.6. The summed E-state index contributed by atoms with van der Waals surface area (Å²) in [5, 5.41) is 7.43. The van der Waals surface area contributed by atoms with Crippen molar-refractivity contribution in [3.05, 3.63) is 92.4 Å². The van der Waals surface area contributed by atoms with Crippen LogP contribution in [0.1, 0.15) is 16.7 Å². The standard InChI is InChI=1S/C28H27Br2N5O3S/c1-33-25-26(34(2)28(33)36)35(27(32-25)39-17-19-9-13-22(30)14-10-19)31-15-20-5-4-6-23(37-3)24(20)38-16-18-7-11-21(29)12-8-18/h4-15,25-26H,16-17H2,1-3H3/b31-15+. The van der Waals surface area contributed by atoms with E-state index in [0.29, 0.717) is 18.1 Å². The van der Waals surface area contributed by atoms with Crippen LogP contribution in [0.4, 0.5) is 4.79 Å². The Bertz CT molecular complexity index is 1400. The number of urea groups is 1. The fourth-order valence-corrected chi connectivity index (χ4v) is 5.85. The van der Waals surface area contributed by atoms with Gasteiger partial charge in [-0.05, 0) is 47.5 Å². The Hall–Kier alpha value is -3.02. The van der Waals surface area contributed by atoms with Crippen molar-refractivity contribution >= 4 is 61.0 Å². The Balaban J connectivity index is 1.41. The van der Waals surface area contributed by atoms with Crippen molar-refractivity contribution in [3.63, 3.8) is 0 Å². The molecule has 202 valence electrons. The molecule has 0 spiro atoms. The molecule has 2 amide bonds. The lowest BCUT2D eigenvalue weighted by Crippen LogP contribution is -2.43. The number of para-hydroxylation sites is 1. The first kappa shape index (κ1) is 27.5. The summed E-state index contributed by atoms with van der Waals surface area (Å²) in [5.41, 5.74) is 2.95. The van der Waals surface area contributed by atoms with Gasteiger partial charge < -0.3 is 19.3 Å². The number of likely N-dealkylation sites (N-methyl/N-ethyl adjacent to an activating group) is 2. The number of amides is 2. The number of aliphatic imine (C=N–C) groups is 1. The first-order chi connectivity index (χ1) is 18.9. The average molecular weight is 673 g/mol. The van der Waals surface area contributed by atoms with Gasteiger partial charge in [-0.2, -0.15) is 5.10 Å². The van der Waals surface area contributed by atoms with Crippen molar-refractivity contribution in [1.82, 2.24) is 14.8 Å². The molecule has 5 rings (SSSR count). The number of carbonyl (C=O) groups excluding carboxylic acids is 1. The van der Waals surface area contributed by atoms with Crippen molar-refractivity contribution in [2.45, 2.75) is 24.7 Å². The Morgan fingerprint density at radius 1 is 0.974 bits per heavy atom. The largest absolute Gasteiger partial charge is 0.493 e. The minimum atomic E-state index is -0.344. The van der Waals surface area contributed by atoms with E-state index in [0.717, 1.165) is 31.0 Å². The maximum Gasteiger partial charge on any atom is 0.323 e. The third-order valence-corrected chi connectivity index (χ3v) is 8.57. The van der Waals surface area contributed by atoms with Crippen molar-refractivity contribution in [3.8, 4) is 11.5 Å². The molecule has 39 heavy (non-hydrogen) atoms. The number of hydrazone groups is 1. The van der Waals surface area contributed by atoms with E-state index in [-0.39, 0.29) is 18.4 Å². The molecule has 1 fully saturated rings. The van der Waals surface area contributed by atoms with E-state index >= 15 is 0 Å². The quantitative estimate of drug-likeness (QED) is 0.260. The van der Waals surface area contributed by atoms with E-state index in [1.807, 2.05) is 59.6 Å². The number of thioether (sulfide) groups is 1. The molecule has 11 heteroatoms. The number of ether oxygens (including phenoxy) is 2. The molecule has 0 N–H and O–H groups in total. The second kappa shape index (κ2) is 12.0. The van der Waals surface area contributed by atoms with Crippen LogP contribution in [0.5, 0.6) is 11.5 Å². The van der Waals surface area contributed by atoms with Gasteiger partial charge in [0.2, 0.25) is 0 Å². The minimum Gasteiger partial charge on any atom is -0.493 e. The Kier molecular flexibility index (Phi) is 8.49. The molecule has 2 heterocycles. The number of fused-ring (bicyclic) bond motifs is 1. The molecule has 3 aromatic rings. The molecular formula is C28H27Br2N5O3S. The molecule has 2 aliphatic heterocycles. The smallest absolute Gasteiger partial charge is 0.323 e. The van der Waals surface area contributed by atoms with Crippen LogP contribution in [0.15, 0.2) is 85.8 Å². The van der Waals surface area contributed by atoms with Crippen molar-refractivity contribution in [2.75, 3.05) is 21.2 Å². The van der Waals surface area contributed by atoms with Crippen LogP contribution in [-0.2, 0) is 12.4 Å². The van der Waals surface area contributed by atoms with Gasteiger partial charge in [-0.15, -0.1) is 0 Å². The summed E-state index contributed by atoms with van der Waals surface area (Å²) in [7, 11) is 5.17. The Morgan fingerprint density at radius 2 is 1.64 bits per heavy atom. The highest BCUT2D eigenvalue weighted by Gasteiger charge is 2.50. The number of carbonyl (C=O) groups is 1. The predicted molar refractivity (Wildman–Crippen MR) is 162 cm³/mol. The van der Waals surface area contributed by atoms with Gasteiger partial charge in [-0.1, -0.05) is 74.0 Å². The van der Waals surface area contributed by atoms with Gasteiger partial charge in [0.05, 0.1) is 13.3 Å². The van der Waals surface area contributed by atoms with Crippen LogP contribution in [0, 0.1) is 0 Å². The van der Waals surface area contributed by atoms with Crippen LogP contribution < -0.4 is 9.47 Å². The van der Waals surface area contributed by atoms with Gasteiger partial charge in [0, 0.05) is 34.4 Å². The summed E-state index contributed by atoms with van der Waals surface area (Å²) in [4.78, 5) is 20.9. The molecule has 0 aromatic heterocycles. The predicted octanol–water partition coefficient (Wildman–Crippen LogP) is 6.39. The molecule has 0 radical (unpaired) electrons. The van der Waals surface area contributed by atoms with Crippen molar-refractivity contribution < 1.29 is 14.3 Å². The van der Waals surface area contributed by atoms with Gasteiger partial charge in [0.15, 0.2) is 29.0 Å². The van der Waals surface area contributed by atoms with Crippen LogP contribution in [0.25, 0.3) is 0 Å². The van der Waals surface area contributed by atoms with Crippen LogP contribution in [-0.4, -0.2) is 65.8 Å². The first-order valence-electron chi connectivity index (χ1n) is 12.2. The second-order valence-corrected chi connectivity index (χ2v) is 11.8. The number of rotatable bonds is 8. The molecule has 0 bridgehead atoms. The van der Waals surface area contributed by atoms with E-state index in [9.17, 15) is 4.79 Å². The zero-order chi connectivity index (χ0) is 27.5. The molecule has 2 aliphatic rings. The molecular weight excluding hydrogens is 646 g/mol. The SMILES string of the molecule is COc1cccc(/C=N/N2C(SCc3ccc(Br)cc3)=NC3C2N(C)C(=O)N3C)c1OCc1ccc(Br)cc1. The second-order valence-electron chi connectivity index (χ2n) is 9.04. The molecule has 8 nitrogen and oxygen atoms in total. The molecule has 1 saturated heterocycles. The highest BCUT2D eigenvalue weighted by Crippen LogP contribution is 2.35. The highest BCUT2D eigenvalue weighted by atomic mass is 79.9. The van der Waals surface area contributed by atoms with Gasteiger partial charge in [0.1, 0.15) is 6.61 Å². The van der Waals surface area contributed by atoms with E-state index in [1.165, 1.54) is 5.56 Å². The summed E-state index contributed by atoms with van der Waals surface area (Å²) < 4.78 is 13.9. The van der Waals surface area contributed by atoms with Crippen molar-refractivity contribution in [1.29, 1.82) is 0 Å². The number of hydrogen-bond donors (Lipinski definition) is 0. The molecule has 0 saturated carbocycles. The lowest BCUT2D eigenvalue weighted by Gasteiger charge is -2.26. The molecule has 3 aromatic carbocycles.